The predicted molar refractivity (Wildman–Crippen MR) is 132 cm³/mol. The van der Waals surface area contributed by atoms with Crippen molar-refractivity contribution < 1.29 is 24.2 Å². The van der Waals surface area contributed by atoms with Gasteiger partial charge in [-0.2, -0.15) is 5.01 Å². The second kappa shape index (κ2) is 9.04. The molecular weight excluding hydrogens is 604 g/mol. The van der Waals surface area contributed by atoms with Crippen LogP contribution in [0, 0.1) is 43.9 Å². The van der Waals surface area contributed by atoms with E-state index in [1.165, 1.54) is 36.4 Å². The Morgan fingerprint density at radius 3 is 2.14 bits per heavy atom. The molecular formula is C23H18Br2N4O7. The summed E-state index contributed by atoms with van der Waals surface area (Å²) in [5.41, 5.74) is -0.640. The fourth-order valence-corrected chi connectivity index (χ4v) is 7.56. The minimum absolute atomic E-state index is 0.0171. The molecule has 1 saturated heterocycles. The summed E-state index contributed by atoms with van der Waals surface area (Å²) in [6, 6.07) is 10.6. The number of carbonyl (C=O) groups is 3. The quantitative estimate of drug-likeness (QED) is 0.206. The van der Waals surface area contributed by atoms with E-state index in [9.17, 15) is 34.6 Å². The van der Waals surface area contributed by atoms with E-state index in [1.807, 2.05) is 0 Å². The molecule has 186 valence electrons. The van der Waals surface area contributed by atoms with Gasteiger partial charge in [0.25, 0.3) is 29.1 Å². The van der Waals surface area contributed by atoms with Crippen molar-refractivity contribution in [2.75, 3.05) is 0 Å². The molecule has 13 heteroatoms. The normalized spacial score (nSPS) is 28.3. The number of imide groups is 1. The number of hydrogen-bond acceptors (Lipinski definition) is 7. The van der Waals surface area contributed by atoms with Crippen molar-refractivity contribution in [3.05, 3.63) is 79.9 Å². The SMILES string of the molecule is O=C(c1cccc([N+](=O)[O-])c1)N(Cc1ccccc1[N+](=O)[O-])N1C(=O)[C@@H]2[C@H]3C[C@@H]([C@@H](Br)[C@H]3Br)[C@H]2C1=O. The number of fused-ring (bicyclic) bond motifs is 5. The molecule has 3 fully saturated rings. The van der Waals surface area contributed by atoms with Gasteiger partial charge in [0.1, 0.15) is 0 Å². The number of nitro benzene ring substituents is 2. The number of rotatable bonds is 6. The third-order valence-corrected chi connectivity index (χ3v) is 10.5. The average molecular weight is 622 g/mol. The number of hydrogen-bond donors (Lipinski definition) is 0. The predicted octanol–water partition coefficient (Wildman–Crippen LogP) is 3.84. The lowest BCUT2D eigenvalue weighted by Gasteiger charge is -2.31. The van der Waals surface area contributed by atoms with Crippen LogP contribution in [0.4, 0.5) is 11.4 Å². The Kier molecular flexibility index (Phi) is 6.15. The third kappa shape index (κ3) is 3.72. The number of amides is 3. The Bertz CT molecular complexity index is 1290. The summed E-state index contributed by atoms with van der Waals surface area (Å²) in [6.07, 6.45) is 0.690. The van der Waals surface area contributed by atoms with Crippen LogP contribution in [0.3, 0.4) is 0 Å². The third-order valence-electron chi connectivity index (χ3n) is 7.25. The molecule has 0 aromatic heterocycles. The first-order valence-corrected chi connectivity index (χ1v) is 12.9. The number of non-ortho nitro benzene ring substituents is 1. The highest BCUT2D eigenvalue weighted by molar-refractivity contribution is 9.12. The van der Waals surface area contributed by atoms with Gasteiger partial charge < -0.3 is 0 Å². The van der Waals surface area contributed by atoms with Crippen LogP contribution in [0.25, 0.3) is 0 Å². The summed E-state index contributed by atoms with van der Waals surface area (Å²) in [7, 11) is 0. The zero-order valence-corrected chi connectivity index (χ0v) is 21.6. The van der Waals surface area contributed by atoms with E-state index < -0.39 is 45.9 Å². The lowest BCUT2D eigenvalue weighted by molar-refractivity contribution is -0.385. The molecule has 2 aromatic carbocycles. The number of para-hydroxylation sites is 1. The number of benzene rings is 2. The van der Waals surface area contributed by atoms with Crippen LogP contribution in [-0.2, 0) is 16.1 Å². The summed E-state index contributed by atoms with van der Waals surface area (Å²) in [6.45, 7) is -0.444. The van der Waals surface area contributed by atoms with Gasteiger partial charge in [-0.15, -0.1) is 0 Å². The first-order valence-electron chi connectivity index (χ1n) is 11.1. The van der Waals surface area contributed by atoms with Crippen molar-refractivity contribution in [2.45, 2.75) is 22.6 Å². The van der Waals surface area contributed by atoms with Gasteiger partial charge in [-0.1, -0.05) is 56.1 Å². The fraction of sp³-hybridized carbons (Fsp3) is 0.348. The van der Waals surface area contributed by atoms with E-state index in [4.69, 9.17) is 0 Å². The van der Waals surface area contributed by atoms with Crippen LogP contribution in [-0.4, -0.2) is 47.2 Å². The number of carbonyl (C=O) groups excluding carboxylic acids is 3. The molecule has 2 saturated carbocycles. The lowest BCUT2D eigenvalue weighted by atomic mass is 9.81. The first-order chi connectivity index (χ1) is 17.1. The molecule has 0 spiro atoms. The van der Waals surface area contributed by atoms with Gasteiger partial charge in [-0.3, -0.25) is 34.6 Å². The molecule has 0 unspecified atom stereocenters. The number of hydrazine groups is 1. The van der Waals surface area contributed by atoms with Crippen molar-refractivity contribution in [3.8, 4) is 0 Å². The van der Waals surface area contributed by atoms with Gasteiger partial charge in [0, 0.05) is 33.4 Å². The Morgan fingerprint density at radius 2 is 1.56 bits per heavy atom. The Hall–Kier alpha value is -3.19. The molecule has 3 amide bonds. The number of nitro groups is 2. The Morgan fingerprint density at radius 1 is 0.944 bits per heavy atom. The molecule has 0 N–H and O–H groups in total. The van der Waals surface area contributed by atoms with Gasteiger partial charge in [0.05, 0.1) is 33.8 Å². The van der Waals surface area contributed by atoms with Gasteiger partial charge in [0.2, 0.25) is 0 Å². The van der Waals surface area contributed by atoms with Gasteiger partial charge in [0.15, 0.2) is 0 Å². The minimum atomic E-state index is -0.850. The van der Waals surface area contributed by atoms with Crippen molar-refractivity contribution in [3.63, 3.8) is 0 Å². The summed E-state index contributed by atoms with van der Waals surface area (Å²) in [5, 5.41) is 24.6. The van der Waals surface area contributed by atoms with E-state index in [2.05, 4.69) is 31.9 Å². The van der Waals surface area contributed by atoms with Crippen LogP contribution < -0.4 is 0 Å². The Labute approximate surface area is 221 Å². The van der Waals surface area contributed by atoms with Crippen LogP contribution in [0.15, 0.2) is 48.5 Å². The van der Waals surface area contributed by atoms with Crippen molar-refractivity contribution >= 4 is 61.0 Å². The highest BCUT2D eigenvalue weighted by Gasteiger charge is 2.67. The number of alkyl halides is 2. The topological polar surface area (TPSA) is 144 Å². The average Bonchev–Trinajstić information content (AvgIpc) is 3.47. The zero-order chi connectivity index (χ0) is 25.9. The van der Waals surface area contributed by atoms with Crippen molar-refractivity contribution in [1.82, 2.24) is 10.0 Å². The molecule has 6 atom stereocenters. The molecule has 1 aliphatic heterocycles. The van der Waals surface area contributed by atoms with E-state index in [0.29, 0.717) is 6.42 Å². The molecule has 3 aliphatic rings. The van der Waals surface area contributed by atoms with Crippen LogP contribution in [0.1, 0.15) is 22.3 Å². The van der Waals surface area contributed by atoms with Crippen molar-refractivity contribution in [2.24, 2.45) is 23.7 Å². The molecule has 2 aromatic rings. The fourth-order valence-electron chi connectivity index (χ4n) is 5.69. The maximum Gasteiger partial charge on any atom is 0.274 e. The molecule has 11 nitrogen and oxygen atoms in total. The smallest absolute Gasteiger partial charge is 0.272 e. The number of halogens is 2. The highest BCUT2D eigenvalue weighted by Crippen LogP contribution is 2.60. The monoisotopic (exact) mass is 620 g/mol. The molecule has 5 rings (SSSR count). The van der Waals surface area contributed by atoms with E-state index in [-0.39, 0.29) is 44.0 Å². The van der Waals surface area contributed by atoms with Gasteiger partial charge in [-0.05, 0) is 24.3 Å². The highest BCUT2D eigenvalue weighted by atomic mass is 79.9. The first kappa shape index (κ1) is 24.5. The summed E-state index contributed by atoms with van der Waals surface area (Å²) in [5.74, 6) is -3.38. The van der Waals surface area contributed by atoms with Crippen LogP contribution >= 0.6 is 31.9 Å². The van der Waals surface area contributed by atoms with Crippen LogP contribution in [0.2, 0.25) is 0 Å². The zero-order valence-electron chi connectivity index (χ0n) is 18.4. The maximum atomic E-state index is 13.7. The standard InChI is InChI=1S/C23H18Br2N4O7/c24-19-14-9-15(20(19)25)18-17(14)22(31)27(23(18)32)26(10-12-4-1-2-7-16(12)29(35)36)21(30)11-5-3-6-13(8-11)28(33)34/h1-8,14-15,17-20H,9-10H2/t14-,15-,17-,18-,19-,20+/m1/s1. The largest absolute Gasteiger partial charge is 0.274 e. The van der Waals surface area contributed by atoms with E-state index in [1.54, 1.807) is 6.07 Å². The molecule has 36 heavy (non-hydrogen) atoms. The second-order valence-corrected chi connectivity index (χ2v) is 11.2. The molecule has 2 aliphatic carbocycles. The summed E-state index contributed by atoms with van der Waals surface area (Å²) in [4.78, 5) is 62.5. The summed E-state index contributed by atoms with van der Waals surface area (Å²) >= 11 is 7.24. The Balaban J connectivity index is 1.57. The molecule has 2 bridgehead atoms. The minimum Gasteiger partial charge on any atom is -0.272 e. The lowest BCUT2D eigenvalue weighted by Crippen LogP contribution is -2.50. The van der Waals surface area contributed by atoms with Gasteiger partial charge >= 0.3 is 0 Å². The maximum absolute atomic E-state index is 13.7. The second-order valence-electron chi connectivity index (χ2n) is 9.05. The van der Waals surface area contributed by atoms with Crippen molar-refractivity contribution in [1.29, 1.82) is 0 Å². The summed E-state index contributed by atoms with van der Waals surface area (Å²) < 4.78 is 0. The number of nitrogens with zero attached hydrogens (tertiary/aromatic N) is 4. The van der Waals surface area contributed by atoms with E-state index in [0.717, 1.165) is 16.1 Å². The van der Waals surface area contributed by atoms with Crippen LogP contribution in [0.5, 0.6) is 0 Å². The van der Waals surface area contributed by atoms with Gasteiger partial charge in [-0.25, -0.2) is 5.01 Å². The van der Waals surface area contributed by atoms with E-state index >= 15 is 0 Å². The molecule has 1 heterocycles. The molecule has 0 radical (unpaired) electrons.